The highest BCUT2D eigenvalue weighted by molar-refractivity contribution is 6.30. The van der Waals surface area contributed by atoms with Gasteiger partial charge in [0.05, 0.1) is 11.2 Å². The van der Waals surface area contributed by atoms with Crippen LogP contribution in [0, 0.1) is 5.92 Å². The number of dihydropyridines is 1. The van der Waals surface area contributed by atoms with Crippen LogP contribution in [0.25, 0.3) is 0 Å². The van der Waals surface area contributed by atoms with Gasteiger partial charge in [0, 0.05) is 11.4 Å². The second kappa shape index (κ2) is 6.51. The van der Waals surface area contributed by atoms with E-state index in [1.807, 2.05) is 30.4 Å². The summed E-state index contributed by atoms with van der Waals surface area (Å²) in [5, 5.41) is 24.8. The van der Waals surface area contributed by atoms with Crippen LogP contribution in [0.1, 0.15) is 37.7 Å². The second-order valence-corrected chi connectivity index (χ2v) is 7.84. The zero-order chi connectivity index (χ0) is 18.3. The number of hydrogen-bond acceptors (Lipinski definition) is 3. The van der Waals surface area contributed by atoms with Gasteiger partial charge in [0.1, 0.15) is 11.3 Å². The number of aliphatic carboxylic acids is 1. The Morgan fingerprint density at radius 3 is 2.96 bits per heavy atom. The molecule has 2 atom stereocenters. The van der Waals surface area contributed by atoms with E-state index < -0.39 is 5.97 Å². The number of carboxylic acids is 1. The molecule has 0 amide bonds. The molecule has 1 aliphatic heterocycles. The molecule has 1 aromatic rings. The number of aliphatic hydroxyl groups excluding tert-OH is 1. The van der Waals surface area contributed by atoms with Gasteiger partial charge in [-0.15, -0.1) is 0 Å². The molecule has 26 heavy (non-hydrogen) atoms. The van der Waals surface area contributed by atoms with Crippen molar-refractivity contribution in [3.8, 4) is 0 Å². The summed E-state index contributed by atoms with van der Waals surface area (Å²) in [5.74, 6) is -0.875. The van der Waals surface area contributed by atoms with Gasteiger partial charge in [0.15, 0.2) is 0 Å². The molecule has 1 fully saturated rings. The maximum absolute atomic E-state index is 12.0. The molecule has 0 bridgehead atoms. The smallest absolute Gasteiger partial charge is 0.339 e. The van der Waals surface area contributed by atoms with Crippen molar-refractivity contribution in [1.82, 2.24) is 5.32 Å². The minimum atomic E-state index is -1.07. The van der Waals surface area contributed by atoms with Gasteiger partial charge in [-0.25, -0.2) is 4.79 Å². The van der Waals surface area contributed by atoms with E-state index in [2.05, 4.69) is 5.32 Å². The average molecular weight is 372 g/mol. The molecule has 3 N–H and O–H groups in total. The Kier molecular flexibility index (Phi) is 4.31. The van der Waals surface area contributed by atoms with Crippen LogP contribution in [0.2, 0.25) is 5.02 Å². The van der Waals surface area contributed by atoms with Crippen LogP contribution < -0.4 is 5.32 Å². The Labute approximate surface area is 157 Å². The lowest BCUT2D eigenvalue weighted by atomic mass is 9.62. The lowest BCUT2D eigenvalue weighted by molar-refractivity contribution is -0.132. The van der Waals surface area contributed by atoms with Crippen LogP contribution >= 0.6 is 11.6 Å². The first-order chi connectivity index (χ1) is 12.5. The summed E-state index contributed by atoms with van der Waals surface area (Å²) in [5.41, 5.74) is 1.91. The molecule has 1 aromatic carbocycles. The zero-order valence-electron chi connectivity index (χ0n) is 14.5. The third-order valence-electron chi connectivity index (χ3n) is 5.91. The Morgan fingerprint density at radius 2 is 2.19 bits per heavy atom. The monoisotopic (exact) mass is 371 g/mol. The minimum absolute atomic E-state index is 0.0450. The summed E-state index contributed by atoms with van der Waals surface area (Å²) in [6.07, 6.45) is 9.48. The number of carboxylic acid groups (broad SMARTS) is 1. The van der Waals surface area contributed by atoms with Crippen molar-refractivity contribution >= 4 is 17.6 Å². The topological polar surface area (TPSA) is 69.6 Å². The molecule has 2 unspecified atom stereocenters. The first-order valence-electron chi connectivity index (χ1n) is 9.11. The van der Waals surface area contributed by atoms with Crippen LogP contribution in [0.5, 0.6) is 0 Å². The van der Waals surface area contributed by atoms with Crippen molar-refractivity contribution in [2.75, 3.05) is 0 Å². The van der Waals surface area contributed by atoms with E-state index >= 15 is 0 Å². The fraction of sp³-hybridized carbons (Fsp3) is 0.381. The number of allylic oxidation sites excluding steroid dienone is 2. The van der Waals surface area contributed by atoms with Gasteiger partial charge < -0.3 is 15.5 Å². The maximum Gasteiger partial charge on any atom is 0.339 e. The van der Waals surface area contributed by atoms with E-state index in [4.69, 9.17) is 11.6 Å². The third kappa shape index (κ3) is 2.73. The number of nitrogens with one attached hydrogen (secondary N) is 1. The first kappa shape index (κ1) is 17.2. The molecular weight excluding hydrogens is 350 g/mol. The van der Waals surface area contributed by atoms with Crippen molar-refractivity contribution in [2.24, 2.45) is 5.92 Å². The summed E-state index contributed by atoms with van der Waals surface area (Å²) in [6.45, 7) is 0. The molecule has 4 nitrogen and oxygen atoms in total. The summed E-state index contributed by atoms with van der Waals surface area (Å²) in [4.78, 5) is 12.0. The molecule has 5 heteroatoms. The van der Waals surface area contributed by atoms with Gasteiger partial charge in [-0.3, -0.25) is 0 Å². The molecular formula is C21H22ClNO3. The van der Waals surface area contributed by atoms with Crippen LogP contribution in [-0.2, 0) is 11.2 Å². The van der Waals surface area contributed by atoms with Gasteiger partial charge in [0.2, 0.25) is 0 Å². The summed E-state index contributed by atoms with van der Waals surface area (Å²) >= 11 is 6.09. The van der Waals surface area contributed by atoms with Gasteiger partial charge in [-0.1, -0.05) is 48.7 Å². The van der Waals surface area contributed by atoms with Crippen molar-refractivity contribution in [3.63, 3.8) is 0 Å². The van der Waals surface area contributed by atoms with Crippen LogP contribution in [0.4, 0.5) is 0 Å². The van der Waals surface area contributed by atoms with Crippen molar-refractivity contribution < 1.29 is 15.0 Å². The number of benzene rings is 1. The quantitative estimate of drug-likeness (QED) is 0.730. The Bertz CT molecular complexity index is 855. The number of halogens is 1. The van der Waals surface area contributed by atoms with E-state index in [1.165, 1.54) is 0 Å². The fourth-order valence-electron chi connectivity index (χ4n) is 4.76. The van der Waals surface area contributed by atoms with Crippen LogP contribution in [0.3, 0.4) is 0 Å². The maximum atomic E-state index is 12.0. The second-order valence-electron chi connectivity index (χ2n) is 7.40. The molecule has 2 aliphatic carbocycles. The first-order valence-corrected chi connectivity index (χ1v) is 9.49. The van der Waals surface area contributed by atoms with Crippen LogP contribution in [0.15, 0.2) is 59.0 Å². The lowest BCUT2D eigenvalue weighted by Gasteiger charge is -2.51. The van der Waals surface area contributed by atoms with Gasteiger partial charge in [-0.05, 0) is 48.4 Å². The van der Waals surface area contributed by atoms with E-state index in [0.29, 0.717) is 23.1 Å². The van der Waals surface area contributed by atoms with E-state index in [9.17, 15) is 15.0 Å². The largest absolute Gasteiger partial charge is 0.505 e. The van der Waals surface area contributed by atoms with Gasteiger partial charge in [-0.2, -0.15) is 0 Å². The summed E-state index contributed by atoms with van der Waals surface area (Å²) < 4.78 is 0. The Balaban J connectivity index is 1.83. The lowest BCUT2D eigenvalue weighted by Crippen LogP contribution is -2.57. The summed E-state index contributed by atoms with van der Waals surface area (Å²) in [6, 6.07) is 7.45. The van der Waals surface area contributed by atoms with E-state index in [1.54, 1.807) is 6.07 Å². The number of rotatable bonds is 3. The third-order valence-corrected chi connectivity index (χ3v) is 6.14. The van der Waals surface area contributed by atoms with Gasteiger partial charge >= 0.3 is 5.97 Å². The predicted molar refractivity (Wildman–Crippen MR) is 101 cm³/mol. The molecule has 1 spiro atoms. The average Bonchev–Trinajstić information content (AvgIpc) is 2.61. The Hall–Kier alpha value is -2.20. The molecule has 1 heterocycles. The SMILES string of the molecule is O=C(O)C1=C2C=CCC3CCCCC23NC(Cc2cccc(Cl)c2)=C1O. The number of hydrogen-bond donors (Lipinski definition) is 3. The minimum Gasteiger partial charge on any atom is -0.505 e. The Morgan fingerprint density at radius 1 is 1.35 bits per heavy atom. The van der Waals surface area contributed by atoms with Gasteiger partial charge in [0.25, 0.3) is 0 Å². The van der Waals surface area contributed by atoms with Crippen molar-refractivity contribution in [3.05, 3.63) is 69.6 Å². The normalized spacial score (nSPS) is 27.7. The van der Waals surface area contributed by atoms with E-state index in [-0.39, 0.29) is 16.9 Å². The zero-order valence-corrected chi connectivity index (χ0v) is 15.2. The van der Waals surface area contributed by atoms with Crippen molar-refractivity contribution in [1.29, 1.82) is 0 Å². The standard InChI is InChI=1S/C21H22ClNO3/c22-15-8-3-5-13(11-15)12-17-19(24)18(20(25)26)16-9-4-7-14-6-1-2-10-21(14,16)23-17/h3-5,8-9,11,14,23-24H,1-2,6-7,10,12H2,(H,25,26). The number of aliphatic hydroxyl groups is 1. The molecule has 0 aromatic heterocycles. The fourth-order valence-corrected chi connectivity index (χ4v) is 4.97. The molecule has 3 aliphatic rings. The summed E-state index contributed by atoms with van der Waals surface area (Å²) in [7, 11) is 0. The van der Waals surface area contributed by atoms with E-state index in [0.717, 1.165) is 43.2 Å². The predicted octanol–water partition coefficient (Wildman–Crippen LogP) is 4.53. The molecule has 0 radical (unpaired) electrons. The molecule has 0 saturated heterocycles. The molecule has 4 rings (SSSR count). The highest BCUT2D eigenvalue weighted by Crippen LogP contribution is 2.48. The molecule has 1 saturated carbocycles. The van der Waals surface area contributed by atoms with Crippen LogP contribution in [-0.4, -0.2) is 21.7 Å². The number of carbonyl (C=O) groups is 1. The highest BCUT2D eigenvalue weighted by Gasteiger charge is 2.49. The molecule has 136 valence electrons. The highest BCUT2D eigenvalue weighted by atomic mass is 35.5. The van der Waals surface area contributed by atoms with Crippen molar-refractivity contribution in [2.45, 2.75) is 44.1 Å².